The number of aryl methyl sites for hydroxylation is 1. The van der Waals surface area contributed by atoms with E-state index < -0.39 is 0 Å². The van der Waals surface area contributed by atoms with Crippen molar-refractivity contribution < 1.29 is 0 Å². The van der Waals surface area contributed by atoms with Gasteiger partial charge < -0.3 is 0 Å². The average molecular weight is 246 g/mol. The third-order valence-corrected chi connectivity index (χ3v) is 2.92. The first kappa shape index (κ1) is 13.0. The Morgan fingerprint density at radius 2 is 1.67 bits per heavy atom. The van der Waals surface area contributed by atoms with Crippen molar-refractivity contribution in [2.24, 2.45) is 0 Å². The molecule has 2 heterocycles. The summed E-state index contributed by atoms with van der Waals surface area (Å²) in [6.45, 7) is 14.8. The predicted octanol–water partition coefficient (Wildman–Crippen LogP) is 3.19. The van der Waals surface area contributed by atoms with Crippen molar-refractivity contribution in [3.05, 3.63) is 17.7 Å². The quantitative estimate of drug-likeness (QED) is 0.717. The van der Waals surface area contributed by atoms with Crippen LogP contribution in [0.5, 0.6) is 0 Å². The smallest absolute Gasteiger partial charge is 0.162 e. The van der Waals surface area contributed by atoms with Gasteiger partial charge in [0.25, 0.3) is 0 Å². The summed E-state index contributed by atoms with van der Waals surface area (Å²) in [5.41, 5.74) is 1.80. The SMILES string of the molecule is Cc1nn(C(C)(C)C)c2nc(C(C)(C)C)ncc12. The number of hydrogen-bond acceptors (Lipinski definition) is 3. The average Bonchev–Trinajstić information content (AvgIpc) is 2.54. The first-order valence-electron chi connectivity index (χ1n) is 6.34. The van der Waals surface area contributed by atoms with Gasteiger partial charge in [0.15, 0.2) is 5.65 Å². The van der Waals surface area contributed by atoms with Gasteiger partial charge in [-0.1, -0.05) is 20.8 Å². The molecule has 0 aliphatic carbocycles. The number of hydrogen-bond donors (Lipinski definition) is 0. The molecule has 0 unspecified atom stereocenters. The van der Waals surface area contributed by atoms with Crippen LogP contribution in [-0.4, -0.2) is 19.7 Å². The van der Waals surface area contributed by atoms with E-state index >= 15 is 0 Å². The highest BCUT2D eigenvalue weighted by Gasteiger charge is 2.23. The summed E-state index contributed by atoms with van der Waals surface area (Å²) in [5, 5.41) is 5.64. The van der Waals surface area contributed by atoms with Gasteiger partial charge in [-0.15, -0.1) is 0 Å². The van der Waals surface area contributed by atoms with Gasteiger partial charge >= 0.3 is 0 Å². The molecular weight excluding hydrogens is 224 g/mol. The molecule has 4 nitrogen and oxygen atoms in total. The topological polar surface area (TPSA) is 43.6 Å². The highest BCUT2D eigenvalue weighted by Crippen LogP contribution is 2.25. The van der Waals surface area contributed by atoms with Crippen LogP contribution in [0.15, 0.2) is 6.20 Å². The fourth-order valence-electron chi connectivity index (χ4n) is 1.87. The second-order valence-corrected chi connectivity index (χ2v) is 6.85. The molecule has 0 aromatic carbocycles. The van der Waals surface area contributed by atoms with Crippen molar-refractivity contribution in [1.82, 2.24) is 19.7 Å². The fourth-order valence-corrected chi connectivity index (χ4v) is 1.87. The Labute approximate surface area is 108 Å². The first-order chi connectivity index (χ1) is 8.10. The van der Waals surface area contributed by atoms with Gasteiger partial charge in [-0.05, 0) is 27.7 Å². The molecule has 0 radical (unpaired) electrons. The molecule has 98 valence electrons. The number of rotatable bonds is 0. The Hall–Kier alpha value is -1.45. The van der Waals surface area contributed by atoms with Crippen LogP contribution in [0.3, 0.4) is 0 Å². The molecule has 0 saturated carbocycles. The van der Waals surface area contributed by atoms with Crippen LogP contribution in [0.25, 0.3) is 11.0 Å². The van der Waals surface area contributed by atoms with Crippen LogP contribution in [0.1, 0.15) is 53.1 Å². The molecule has 0 bridgehead atoms. The maximum Gasteiger partial charge on any atom is 0.162 e. The lowest BCUT2D eigenvalue weighted by molar-refractivity contribution is 0.363. The van der Waals surface area contributed by atoms with E-state index in [2.05, 4.69) is 51.6 Å². The Bertz CT molecular complexity index is 582. The van der Waals surface area contributed by atoms with E-state index in [1.54, 1.807) is 0 Å². The summed E-state index contributed by atoms with van der Waals surface area (Å²) in [7, 11) is 0. The highest BCUT2D eigenvalue weighted by atomic mass is 15.3. The predicted molar refractivity (Wildman–Crippen MR) is 73.8 cm³/mol. The summed E-state index contributed by atoms with van der Waals surface area (Å²) < 4.78 is 1.99. The number of aromatic nitrogens is 4. The Morgan fingerprint density at radius 3 is 2.17 bits per heavy atom. The van der Waals surface area contributed by atoms with Gasteiger partial charge in [0.1, 0.15) is 5.82 Å². The van der Waals surface area contributed by atoms with Crippen LogP contribution in [0, 0.1) is 6.92 Å². The van der Waals surface area contributed by atoms with Gasteiger partial charge in [0, 0.05) is 11.6 Å². The molecule has 2 aromatic rings. The zero-order valence-electron chi connectivity index (χ0n) is 12.4. The summed E-state index contributed by atoms with van der Waals surface area (Å²) in [4.78, 5) is 9.19. The molecule has 18 heavy (non-hydrogen) atoms. The Balaban J connectivity index is 2.75. The lowest BCUT2D eigenvalue weighted by atomic mass is 9.96. The zero-order chi connectivity index (χ0) is 13.7. The molecule has 2 rings (SSSR count). The molecule has 0 aliphatic heterocycles. The van der Waals surface area contributed by atoms with Gasteiger partial charge in [-0.25, -0.2) is 14.6 Å². The van der Waals surface area contributed by atoms with Gasteiger partial charge in [-0.3, -0.25) is 0 Å². The summed E-state index contributed by atoms with van der Waals surface area (Å²) in [6, 6.07) is 0. The number of nitrogens with zero attached hydrogens (tertiary/aromatic N) is 4. The van der Waals surface area contributed by atoms with E-state index in [1.165, 1.54) is 0 Å². The van der Waals surface area contributed by atoms with Crippen molar-refractivity contribution in [3.8, 4) is 0 Å². The van der Waals surface area contributed by atoms with E-state index in [9.17, 15) is 0 Å². The van der Waals surface area contributed by atoms with Crippen molar-refractivity contribution in [2.45, 2.75) is 59.4 Å². The van der Waals surface area contributed by atoms with Gasteiger partial charge in [0.05, 0.1) is 16.6 Å². The number of fused-ring (bicyclic) bond motifs is 1. The van der Waals surface area contributed by atoms with Crippen LogP contribution in [-0.2, 0) is 11.0 Å². The zero-order valence-corrected chi connectivity index (χ0v) is 12.4. The second kappa shape index (κ2) is 3.77. The summed E-state index contributed by atoms with van der Waals surface area (Å²) >= 11 is 0. The fraction of sp³-hybridized carbons (Fsp3) is 0.643. The minimum Gasteiger partial charge on any atom is -0.242 e. The standard InChI is InChI=1S/C14H22N4/c1-9-10-8-15-12(13(2,3)4)16-11(10)18(17-9)14(5,6)7/h8H,1-7H3. The molecule has 0 aliphatic rings. The monoisotopic (exact) mass is 246 g/mol. The summed E-state index contributed by atoms with van der Waals surface area (Å²) in [5.74, 6) is 0.861. The summed E-state index contributed by atoms with van der Waals surface area (Å²) in [6.07, 6.45) is 1.90. The van der Waals surface area contributed by atoms with Crippen molar-refractivity contribution >= 4 is 11.0 Å². The highest BCUT2D eigenvalue weighted by molar-refractivity contribution is 5.77. The van der Waals surface area contributed by atoms with Crippen molar-refractivity contribution in [2.75, 3.05) is 0 Å². The van der Waals surface area contributed by atoms with Crippen molar-refractivity contribution in [1.29, 1.82) is 0 Å². The Morgan fingerprint density at radius 1 is 1.06 bits per heavy atom. The largest absolute Gasteiger partial charge is 0.242 e. The normalized spacial score (nSPS) is 13.3. The molecule has 2 aromatic heterocycles. The van der Waals surface area contributed by atoms with Gasteiger partial charge in [0.2, 0.25) is 0 Å². The lowest BCUT2D eigenvalue weighted by Crippen LogP contribution is -2.24. The first-order valence-corrected chi connectivity index (χ1v) is 6.34. The molecular formula is C14H22N4. The van der Waals surface area contributed by atoms with Crippen LogP contribution in [0.4, 0.5) is 0 Å². The van der Waals surface area contributed by atoms with Crippen LogP contribution < -0.4 is 0 Å². The lowest BCUT2D eigenvalue weighted by Gasteiger charge is -2.21. The molecule has 0 fully saturated rings. The maximum atomic E-state index is 4.72. The van der Waals surface area contributed by atoms with E-state index in [0.29, 0.717) is 0 Å². The Kier molecular flexibility index (Phi) is 2.72. The van der Waals surface area contributed by atoms with Gasteiger partial charge in [-0.2, -0.15) is 5.10 Å². The third-order valence-electron chi connectivity index (χ3n) is 2.92. The molecule has 0 atom stereocenters. The molecule has 4 heteroatoms. The molecule has 0 saturated heterocycles. The van der Waals surface area contributed by atoms with E-state index in [-0.39, 0.29) is 11.0 Å². The van der Waals surface area contributed by atoms with E-state index in [4.69, 9.17) is 4.98 Å². The van der Waals surface area contributed by atoms with E-state index in [0.717, 1.165) is 22.6 Å². The molecule has 0 N–H and O–H groups in total. The van der Waals surface area contributed by atoms with E-state index in [1.807, 2.05) is 17.8 Å². The minimum absolute atomic E-state index is 0.0465. The third kappa shape index (κ3) is 2.11. The minimum atomic E-state index is -0.0734. The second-order valence-electron chi connectivity index (χ2n) is 6.85. The van der Waals surface area contributed by atoms with Crippen molar-refractivity contribution in [3.63, 3.8) is 0 Å². The molecule has 0 amide bonds. The maximum absolute atomic E-state index is 4.72. The van der Waals surface area contributed by atoms with Crippen LogP contribution in [0.2, 0.25) is 0 Å². The van der Waals surface area contributed by atoms with Crippen LogP contribution >= 0.6 is 0 Å². The molecule has 0 spiro atoms.